The summed E-state index contributed by atoms with van der Waals surface area (Å²) in [5.74, 6) is 1.44. The van der Waals surface area contributed by atoms with Crippen LogP contribution in [0.1, 0.15) is 19.4 Å². The van der Waals surface area contributed by atoms with Gasteiger partial charge >= 0.3 is 0 Å². The van der Waals surface area contributed by atoms with Crippen LogP contribution in [0.4, 0.5) is 5.69 Å². The summed E-state index contributed by atoms with van der Waals surface area (Å²) in [5.41, 5.74) is 3.04. The molecule has 6 nitrogen and oxygen atoms in total. The fraction of sp³-hybridized carbons (Fsp3) is 0.250. The fourth-order valence-electron chi connectivity index (χ4n) is 2.88. The van der Waals surface area contributed by atoms with E-state index in [1.807, 2.05) is 30.3 Å². The first kappa shape index (κ1) is 20.3. The number of benzene rings is 2. The topological polar surface area (TPSA) is 58.4 Å². The molecule has 0 aliphatic heterocycles. The average Bonchev–Trinajstić information content (AvgIpc) is 3.08. The summed E-state index contributed by atoms with van der Waals surface area (Å²) in [7, 11) is 1.64. The van der Waals surface area contributed by atoms with Crippen LogP contribution in [0.15, 0.2) is 52.0 Å². The number of halogens is 1. The van der Waals surface area contributed by atoms with E-state index in [0.29, 0.717) is 10.6 Å². The maximum absolute atomic E-state index is 5.35. The van der Waals surface area contributed by atoms with Crippen LogP contribution in [0, 0.1) is 4.77 Å². The average molecular weight is 460 g/mol. The zero-order valence-corrected chi connectivity index (χ0v) is 18.4. The van der Waals surface area contributed by atoms with Gasteiger partial charge in [0.2, 0.25) is 4.77 Å². The molecule has 0 atom stereocenters. The zero-order valence-electron chi connectivity index (χ0n) is 16.0. The summed E-state index contributed by atoms with van der Waals surface area (Å²) in [4.78, 5) is 2.29. The van der Waals surface area contributed by atoms with Crippen molar-refractivity contribution in [2.45, 2.75) is 13.8 Å². The highest BCUT2D eigenvalue weighted by molar-refractivity contribution is 9.10. The van der Waals surface area contributed by atoms with E-state index in [0.717, 1.165) is 34.4 Å². The molecule has 0 saturated heterocycles. The minimum atomic E-state index is 0.437. The third kappa shape index (κ3) is 4.34. The zero-order chi connectivity index (χ0) is 20.1. The number of anilines is 1. The highest BCUT2D eigenvalue weighted by Gasteiger charge is 2.09. The number of aromatic amines is 1. The maximum atomic E-state index is 5.35. The van der Waals surface area contributed by atoms with Crippen LogP contribution in [0.3, 0.4) is 0 Å². The lowest BCUT2D eigenvalue weighted by molar-refractivity contribution is 0.412. The molecular formula is C20H22BrN5OS. The molecule has 0 aliphatic carbocycles. The van der Waals surface area contributed by atoms with Gasteiger partial charge < -0.3 is 9.64 Å². The van der Waals surface area contributed by atoms with Gasteiger partial charge in [-0.1, -0.05) is 0 Å². The predicted octanol–water partition coefficient (Wildman–Crippen LogP) is 5.11. The van der Waals surface area contributed by atoms with Crippen molar-refractivity contribution in [3.8, 4) is 17.1 Å². The van der Waals surface area contributed by atoms with Crippen molar-refractivity contribution in [3.63, 3.8) is 0 Å². The Morgan fingerprint density at radius 2 is 1.93 bits per heavy atom. The van der Waals surface area contributed by atoms with Crippen molar-refractivity contribution in [2.24, 2.45) is 5.10 Å². The Hall–Kier alpha value is -2.45. The first-order valence-corrected chi connectivity index (χ1v) is 10.2. The Bertz CT molecular complexity index is 1020. The molecule has 146 valence electrons. The molecular weight excluding hydrogens is 438 g/mol. The molecule has 0 unspecified atom stereocenters. The molecule has 0 aliphatic rings. The normalized spacial score (nSPS) is 11.1. The molecule has 3 aromatic rings. The van der Waals surface area contributed by atoms with E-state index in [-0.39, 0.29) is 0 Å². The number of hydrogen-bond acceptors (Lipinski definition) is 5. The first-order chi connectivity index (χ1) is 13.6. The Morgan fingerprint density at radius 1 is 1.21 bits per heavy atom. The maximum Gasteiger partial charge on any atom is 0.216 e. The van der Waals surface area contributed by atoms with Crippen molar-refractivity contribution in [2.75, 3.05) is 25.1 Å². The van der Waals surface area contributed by atoms with Gasteiger partial charge in [-0.15, -0.1) is 0 Å². The van der Waals surface area contributed by atoms with Crippen molar-refractivity contribution in [3.05, 3.63) is 57.3 Å². The van der Waals surface area contributed by atoms with Gasteiger partial charge in [-0.3, -0.25) is 0 Å². The largest absolute Gasteiger partial charge is 0.496 e. The van der Waals surface area contributed by atoms with Crippen molar-refractivity contribution >= 4 is 40.0 Å². The second kappa shape index (κ2) is 9.16. The van der Waals surface area contributed by atoms with Gasteiger partial charge in [-0.25, -0.2) is 5.10 Å². The second-order valence-electron chi connectivity index (χ2n) is 6.02. The van der Waals surface area contributed by atoms with E-state index in [4.69, 9.17) is 17.0 Å². The molecule has 0 bridgehead atoms. The molecule has 1 N–H and O–H groups in total. The number of nitrogens with one attached hydrogen (secondary N) is 1. The fourth-order valence-corrected chi connectivity index (χ4v) is 3.62. The highest BCUT2D eigenvalue weighted by Crippen LogP contribution is 2.25. The number of H-pyrrole nitrogens is 1. The van der Waals surface area contributed by atoms with Gasteiger partial charge in [0.05, 0.1) is 17.8 Å². The van der Waals surface area contributed by atoms with E-state index in [2.05, 4.69) is 62.1 Å². The van der Waals surface area contributed by atoms with Gasteiger partial charge in [0, 0.05) is 24.3 Å². The Balaban J connectivity index is 1.90. The minimum absolute atomic E-state index is 0.437. The first-order valence-electron chi connectivity index (χ1n) is 8.98. The van der Waals surface area contributed by atoms with E-state index in [9.17, 15) is 0 Å². The number of ether oxygens (including phenoxy) is 1. The number of methoxy groups -OCH3 is 1. The minimum Gasteiger partial charge on any atom is -0.496 e. The lowest BCUT2D eigenvalue weighted by Crippen LogP contribution is -2.21. The predicted molar refractivity (Wildman–Crippen MR) is 120 cm³/mol. The van der Waals surface area contributed by atoms with Crippen LogP contribution in [0.5, 0.6) is 5.75 Å². The van der Waals surface area contributed by atoms with Gasteiger partial charge in [0.15, 0.2) is 5.82 Å². The molecule has 0 spiro atoms. The van der Waals surface area contributed by atoms with E-state index in [1.54, 1.807) is 18.0 Å². The number of aromatic nitrogens is 3. The lowest BCUT2D eigenvalue weighted by Gasteiger charge is -2.20. The quantitative estimate of drug-likeness (QED) is 0.394. The van der Waals surface area contributed by atoms with Crippen molar-refractivity contribution in [1.82, 2.24) is 14.9 Å². The standard InChI is InChI=1S/C20H22BrN5OS/c1-4-25(5-2)16-9-7-15(8-10-16)19-23-24-20(28)26(19)22-13-14-6-11-18(27-3)17(21)12-14/h6-13H,4-5H2,1-3H3,(H,24,28). The van der Waals surface area contributed by atoms with Crippen LogP contribution in [0.25, 0.3) is 11.4 Å². The Labute approximate surface area is 178 Å². The molecule has 1 aromatic heterocycles. The number of hydrogen-bond donors (Lipinski definition) is 1. The van der Waals surface area contributed by atoms with Gasteiger partial charge in [-0.05, 0) is 90.0 Å². The van der Waals surface area contributed by atoms with E-state index >= 15 is 0 Å². The summed E-state index contributed by atoms with van der Waals surface area (Å²) < 4.78 is 8.18. The molecule has 0 fully saturated rings. The summed E-state index contributed by atoms with van der Waals surface area (Å²) in [6.45, 7) is 6.23. The summed E-state index contributed by atoms with van der Waals surface area (Å²) in [6.07, 6.45) is 1.74. The van der Waals surface area contributed by atoms with Gasteiger partial charge in [0.1, 0.15) is 5.75 Å². The van der Waals surface area contributed by atoms with Crippen molar-refractivity contribution < 1.29 is 4.74 Å². The Kier molecular flexibility index (Phi) is 6.64. The third-order valence-corrected chi connectivity index (χ3v) is 5.29. The summed E-state index contributed by atoms with van der Waals surface area (Å²) >= 11 is 8.84. The third-order valence-electron chi connectivity index (χ3n) is 4.40. The van der Waals surface area contributed by atoms with Crippen LogP contribution >= 0.6 is 28.1 Å². The Morgan fingerprint density at radius 3 is 2.54 bits per heavy atom. The molecule has 0 amide bonds. The lowest BCUT2D eigenvalue weighted by atomic mass is 10.2. The molecule has 0 saturated carbocycles. The number of rotatable bonds is 7. The van der Waals surface area contributed by atoms with E-state index < -0.39 is 0 Å². The van der Waals surface area contributed by atoms with Crippen LogP contribution < -0.4 is 9.64 Å². The van der Waals surface area contributed by atoms with Gasteiger partial charge in [0.25, 0.3) is 0 Å². The highest BCUT2D eigenvalue weighted by atomic mass is 79.9. The van der Waals surface area contributed by atoms with Crippen LogP contribution in [0.2, 0.25) is 0 Å². The molecule has 1 heterocycles. The molecule has 28 heavy (non-hydrogen) atoms. The van der Waals surface area contributed by atoms with Crippen LogP contribution in [-0.2, 0) is 0 Å². The molecule has 0 radical (unpaired) electrons. The summed E-state index contributed by atoms with van der Waals surface area (Å²) in [5, 5.41) is 11.7. The number of nitrogens with zero attached hydrogens (tertiary/aromatic N) is 4. The second-order valence-corrected chi connectivity index (χ2v) is 7.26. The van der Waals surface area contributed by atoms with E-state index in [1.165, 1.54) is 5.69 Å². The van der Waals surface area contributed by atoms with Crippen LogP contribution in [-0.4, -0.2) is 41.3 Å². The monoisotopic (exact) mass is 459 g/mol. The SMILES string of the molecule is CCN(CC)c1ccc(-c2n[nH]c(=S)n2N=Cc2ccc(OC)c(Br)c2)cc1. The van der Waals surface area contributed by atoms with Crippen molar-refractivity contribution in [1.29, 1.82) is 0 Å². The molecule has 2 aromatic carbocycles. The van der Waals surface area contributed by atoms with Gasteiger partial charge in [-0.2, -0.15) is 14.9 Å². The smallest absolute Gasteiger partial charge is 0.216 e. The summed E-state index contributed by atoms with van der Waals surface area (Å²) in [6, 6.07) is 14.0. The molecule has 8 heteroatoms. The molecule has 3 rings (SSSR count).